The van der Waals surface area contributed by atoms with Gasteiger partial charge in [-0.3, -0.25) is 0 Å². The molecule has 10 heteroatoms. The molecule has 0 aliphatic heterocycles. The first-order valence-electron chi connectivity index (χ1n) is 10.2. The lowest BCUT2D eigenvalue weighted by Crippen LogP contribution is -2.37. The number of amides is 2. The number of methoxy groups -OCH3 is 2. The predicted molar refractivity (Wildman–Crippen MR) is 131 cm³/mol. The summed E-state index contributed by atoms with van der Waals surface area (Å²) < 4.78 is 10.4. The van der Waals surface area contributed by atoms with Crippen LogP contribution in [0.15, 0.2) is 54.7 Å². The highest BCUT2D eigenvalue weighted by Crippen LogP contribution is 2.28. The third-order valence-corrected chi connectivity index (χ3v) is 5.52. The Kier molecular flexibility index (Phi) is 8.71. The van der Waals surface area contributed by atoms with Crippen LogP contribution in [0.5, 0.6) is 5.75 Å². The molecule has 2 N–H and O–H groups in total. The Morgan fingerprint density at radius 3 is 2.58 bits per heavy atom. The molecule has 0 aliphatic carbocycles. The van der Waals surface area contributed by atoms with E-state index in [4.69, 9.17) is 32.7 Å². The van der Waals surface area contributed by atoms with Crippen molar-refractivity contribution < 1.29 is 14.3 Å². The van der Waals surface area contributed by atoms with E-state index >= 15 is 0 Å². The Balaban J connectivity index is 1.89. The Hall–Kier alpha value is -3.07. The summed E-state index contributed by atoms with van der Waals surface area (Å²) in [5, 5.41) is 6.87. The molecule has 2 aromatic carbocycles. The Morgan fingerprint density at radius 1 is 1.12 bits per heavy atom. The number of nitrogens with one attached hydrogen (secondary N) is 2. The van der Waals surface area contributed by atoms with Crippen molar-refractivity contribution in [3.63, 3.8) is 0 Å². The molecular formula is C23H25Cl2N5O3. The molecule has 3 rings (SSSR count). The first-order chi connectivity index (χ1) is 15.9. The number of benzene rings is 2. The molecule has 0 spiro atoms. The summed E-state index contributed by atoms with van der Waals surface area (Å²) in [5.74, 6) is 1.43. The Bertz CT molecular complexity index is 1080. The van der Waals surface area contributed by atoms with Crippen LogP contribution in [0, 0.1) is 0 Å². The summed E-state index contributed by atoms with van der Waals surface area (Å²) >= 11 is 12.4. The van der Waals surface area contributed by atoms with E-state index in [1.807, 2.05) is 6.92 Å². The van der Waals surface area contributed by atoms with Gasteiger partial charge in [0.2, 0.25) is 5.95 Å². The van der Waals surface area contributed by atoms with E-state index in [0.29, 0.717) is 45.4 Å². The topological polar surface area (TPSA) is 88.6 Å². The predicted octanol–water partition coefficient (Wildman–Crippen LogP) is 5.29. The van der Waals surface area contributed by atoms with Crippen molar-refractivity contribution in [2.75, 3.05) is 31.0 Å². The second-order valence-corrected chi connectivity index (χ2v) is 7.93. The lowest BCUT2D eigenvalue weighted by atomic mass is 10.2. The first-order valence-corrected chi connectivity index (χ1v) is 10.9. The summed E-state index contributed by atoms with van der Waals surface area (Å²) in [7, 11) is 3.20. The van der Waals surface area contributed by atoms with E-state index in [9.17, 15) is 4.79 Å². The van der Waals surface area contributed by atoms with E-state index in [-0.39, 0.29) is 12.6 Å². The Morgan fingerprint density at radius 2 is 1.88 bits per heavy atom. The number of nitrogens with zero attached hydrogens (tertiary/aromatic N) is 3. The minimum Gasteiger partial charge on any atom is -0.497 e. The number of hydrogen-bond acceptors (Lipinski definition) is 6. The molecule has 3 aromatic rings. The van der Waals surface area contributed by atoms with Crippen molar-refractivity contribution in [1.29, 1.82) is 0 Å². The molecule has 174 valence electrons. The van der Waals surface area contributed by atoms with Crippen molar-refractivity contribution >= 4 is 46.7 Å². The fourth-order valence-corrected chi connectivity index (χ4v) is 3.46. The third-order valence-electron chi connectivity index (χ3n) is 4.66. The standard InChI is InChI=1S/C23H25Cl2N5O3/c1-15(14-32-2)28-22-26-12-11-20(29-22)30(17-7-9-18(33-3)10-8-17)23(31)27-13-16-5-4-6-19(24)21(16)25/h4-12,15H,13-14H2,1-3H3,(H,27,31)(H,26,28,29)/t15-/m0/s1. The third kappa shape index (κ3) is 6.47. The van der Waals surface area contributed by atoms with Crippen LogP contribution in [-0.4, -0.2) is 42.9 Å². The van der Waals surface area contributed by atoms with Gasteiger partial charge in [-0.1, -0.05) is 35.3 Å². The van der Waals surface area contributed by atoms with Crippen LogP contribution >= 0.6 is 23.2 Å². The summed E-state index contributed by atoms with van der Waals surface area (Å²) in [4.78, 5) is 23.5. The number of aromatic nitrogens is 2. The maximum absolute atomic E-state index is 13.3. The highest BCUT2D eigenvalue weighted by molar-refractivity contribution is 6.42. The molecule has 33 heavy (non-hydrogen) atoms. The zero-order chi connectivity index (χ0) is 23.8. The lowest BCUT2D eigenvalue weighted by molar-refractivity contribution is 0.190. The van der Waals surface area contributed by atoms with Gasteiger partial charge < -0.3 is 20.1 Å². The van der Waals surface area contributed by atoms with E-state index in [2.05, 4.69) is 20.6 Å². The average Bonchev–Trinajstić information content (AvgIpc) is 2.81. The lowest BCUT2D eigenvalue weighted by Gasteiger charge is -2.23. The second-order valence-electron chi connectivity index (χ2n) is 7.14. The number of halogens is 2. The highest BCUT2D eigenvalue weighted by Gasteiger charge is 2.21. The number of carbonyl (C=O) groups is 1. The largest absolute Gasteiger partial charge is 0.497 e. The Labute approximate surface area is 202 Å². The molecule has 1 aromatic heterocycles. The molecule has 8 nitrogen and oxygen atoms in total. The van der Waals surface area contributed by atoms with Crippen LogP contribution in [-0.2, 0) is 11.3 Å². The van der Waals surface area contributed by atoms with Crippen LogP contribution in [0.2, 0.25) is 10.0 Å². The van der Waals surface area contributed by atoms with Crippen molar-refractivity contribution in [3.05, 3.63) is 70.3 Å². The maximum Gasteiger partial charge on any atom is 0.327 e. The van der Waals surface area contributed by atoms with Crippen molar-refractivity contribution in [1.82, 2.24) is 15.3 Å². The van der Waals surface area contributed by atoms with E-state index in [1.54, 1.807) is 68.9 Å². The molecule has 0 unspecified atom stereocenters. The summed E-state index contributed by atoms with van der Waals surface area (Å²) in [6, 6.07) is 13.6. The highest BCUT2D eigenvalue weighted by atomic mass is 35.5. The van der Waals surface area contributed by atoms with Gasteiger partial charge in [-0.15, -0.1) is 0 Å². The van der Waals surface area contributed by atoms with Gasteiger partial charge in [0.25, 0.3) is 0 Å². The first kappa shape index (κ1) is 24.6. The van der Waals surface area contributed by atoms with Crippen molar-refractivity contribution in [2.45, 2.75) is 19.5 Å². The molecule has 0 saturated heterocycles. The second kappa shape index (κ2) is 11.7. The molecule has 1 atom stereocenters. The minimum atomic E-state index is -0.397. The quantitative estimate of drug-likeness (QED) is 0.424. The van der Waals surface area contributed by atoms with Gasteiger partial charge in [0.05, 0.1) is 29.4 Å². The molecule has 0 saturated carbocycles. The SMILES string of the molecule is COC[C@H](C)Nc1nccc(N(C(=O)NCc2cccc(Cl)c2Cl)c2ccc(OC)cc2)n1. The van der Waals surface area contributed by atoms with E-state index < -0.39 is 6.03 Å². The van der Waals surface area contributed by atoms with Crippen LogP contribution in [0.1, 0.15) is 12.5 Å². The van der Waals surface area contributed by atoms with Gasteiger partial charge in [-0.05, 0) is 42.8 Å². The zero-order valence-corrected chi connectivity index (χ0v) is 20.0. The smallest absolute Gasteiger partial charge is 0.327 e. The summed E-state index contributed by atoms with van der Waals surface area (Å²) in [6.07, 6.45) is 1.59. The van der Waals surface area contributed by atoms with Crippen molar-refractivity contribution in [2.24, 2.45) is 0 Å². The van der Waals surface area contributed by atoms with Gasteiger partial charge in [-0.25, -0.2) is 14.7 Å². The fourth-order valence-electron chi connectivity index (χ4n) is 3.08. The number of urea groups is 1. The van der Waals surface area contributed by atoms with Gasteiger partial charge >= 0.3 is 6.03 Å². The van der Waals surface area contributed by atoms with Crippen molar-refractivity contribution in [3.8, 4) is 5.75 Å². The fraction of sp³-hybridized carbons (Fsp3) is 0.261. The zero-order valence-electron chi connectivity index (χ0n) is 18.5. The molecule has 0 radical (unpaired) electrons. The van der Waals surface area contributed by atoms with Gasteiger partial charge in [-0.2, -0.15) is 4.98 Å². The monoisotopic (exact) mass is 489 g/mol. The van der Waals surface area contributed by atoms with Crippen LogP contribution in [0.4, 0.5) is 22.2 Å². The molecule has 1 heterocycles. The molecule has 0 fully saturated rings. The van der Waals surface area contributed by atoms with Crippen LogP contribution in [0.3, 0.4) is 0 Å². The average molecular weight is 490 g/mol. The normalized spacial score (nSPS) is 11.5. The van der Waals surface area contributed by atoms with E-state index in [1.165, 1.54) is 4.90 Å². The molecule has 0 aliphatic rings. The molecule has 2 amide bonds. The minimum absolute atomic E-state index is 0.0153. The van der Waals surface area contributed by atoms with Crippen LogP contribution < -0.4 is 20.3 Å². The number of hydrogen-bond donors (Lipinski definition) is 2. The molecular weight excluding hydrogens is 465 g/mol. The summed E-state index contributed by atoms with van der Waals surface area (Å²) in [6.45, 7) is 2.62. The van der Waals surface area contributed by atoms with Gasteiger partial charge in [0.1, 0.15) is 11.6 Å². The maximum atomic E-state index is 13.3. The van der Waals surface area contributed by atoms with Crippen LogP contribution in [0.25, 0.3) is 0 Å². The molecule has 0 bridgehead atoms. The number of anilines is 3. The van der Waals surface area contributed by atoms with Gasteiger partial charge in [0.15, 0.2) is 0 Å². The van der Waals surface area contributed by atoms with E-state index in [0.717, 1.165) is 0 Å². The summed E-state index contributed by atoms with van der Waals surface area (Å²) in [5.41, 5.74) is 1.30. The van der Waals surface area contributed by atoms with Gasteiger partial charge in [0, 0.05) is 32.0 Å². The number of carbonyl (C=O) groups excluding carboxylic acids is 1. The number of rotatable bonds is 9. The number of ether oxygens (including phenoxy) is 2.